The predicted octanol–water partition coefficient (Wildman–Crippen LogP) is 3.34. The van der Waals surface area contributed by atoms with E-state index >= 15 is 0 Å². The Labute approximate surface area is 114 Å². The molecule has 106 valence electrons. The van der Waals surface area contributed by atoms with Crippen LogP contribution in [0.3, 0.4) is 0 Å². The Morgan fingerprint density at radius 3 is 2.50 bits per heavy atom. The summed E-state index contributed by atoms with van der Waals surface area (Å²) in [7, 11) is 0. The van der Waals surface area contributed by atoms with E-state index in [0.717, 1.165) is 12.1 Å². The SMILES string of the molecule is CC(=O)C(c1nc(-c2ccc(F)c(F)c2)no1)C(C)C. The Bertz CT molecular complexity index is 638. The molecule has 2 aromatic rings. The Hall–Kier alpha value is -2.11. The fraction of sp³-hybridized carbons (Fsp3) is 0.357. The van der Waals surface area contributed by atoms with Gasteiger partial charge in [0.2, 0.25) is 11.7 Å². The van der Waals surface area contributed by atoms with Gasteiger partial charge in [0, 0.05) is 5.56 Å². The molecule has 4 nitrogen and oxygen atoms in total. The number of aromatic nitrogens is 2. The summed E-state index contributed by atoms with van der Waals surface area (Å²) in [6, 6.07) is 3.33. The number of carbonyl (C=O) groups is 1. The van der Waals surface area contributed by atoms with Crippen molar-refractivity contribution in [2.24, 2.45) is 5.92 Å². The van der Waals surface area contributed by atoms with E-state index in [4.69, 9.17) is 4.52 Å². The molecule has 0 saturated heterocycles. The third-order valence-electron chi connectivity index (χ3n) is 2.99. The van der Waals surface area contributed by atoms with Crippen LogP contribution in [0.1, 0.15) is 32.6 Å². The summed E-state index contributed by atoms with van der Waals surface area (Å²) >= 11 is 0. The molecule has 0 saturated carbocycles. The molecule has 0 fully saturated rings. The molecule has 20 heavy (non-hydrogen) atoms. The van der Waals surface area contributed by atoms with Gasteiger partial charge in [-0.15, -0.1) is 0 Å². The van der Waals surface area contributed by atoms with Gasteiger partial charge in [0.25, 0.3) is 0 Å². The molecule has 0 spiro atoms. The van der Waals surface area contributed by atoms with E-state index in [-0.39, 0.29) is 23.4 Å². The molecule has 1 aromatic heterocycles. The van der Waals surface area contributed by atoms with Crippen molar-refractivity contribution >= 4 is 5.78 Å². The number of hydrogen-bond donors (Lipinski definition) is 0. The fourth-order valence-electron chi connectivity index (χ4n) is 2.04. The zero-order chi connectivity index (χ0) is 14.9. The maximum Gasteiger partial charge on any atom is 0.237 e. The average Bonchev–Trinajstić information content (AvgIpc) is 2.81. The molecule has 1 heterocycles. The number of benzene rings is 1. The van der Waals surface area contributed by atoms with Crippen molar-refractivity contribution in [1.82, 2.24) is 10.1 Å². The molecule has 1 atom stereocenters. The third-order valence-corrected chi connectivity index (χ3v) is 2.99. The van der Waals surface area contributed by atoms with Gasteiger partial charge >= 0.3 is 0 Å². The van der Waals surface area contributed by atoms with Crippen LogP contribution >= 0.6 is 0 Å². The average molecular weight is 280 g/mol. The van der Waals surface area contributed by atoms with Crippen LogP contribution in [-0.2, 0) is 4.79 Å². The molecule has 0 aliphatic rings. The number of ketones is 1. The standard InChI is InChI=1S/C14H14F2N2O2/c1-7(2)12(8(3)19)14-17-13(18-20-14)9-4-5-10(15)11(16)6-9/h4-7,12H,1-3H3. The second-order valence-electron chi connectivity index (χ2n) is 4.92. The van der Waals surface area contributed by atoms with E-state index in [9.17, 15) is 13.6 Å². The highest BCUT2D eigenvalue weighted by atomic mass is 19.2. The summed E-state index contributed by atoms with van der Waals surface area (Å²) in [5.74, 6) is -2.19. The summed E-state index contributed by atoms with van der Waals surface area (Å²) in [6.45, 7) is 5.19. The minimum Gasteiger partial charge on any atom is -0.338 e. The number of Topliss-reactive ketones (excluding diaryl/α,β-unsaturated/α-hetero) is 1. The van der Waals surface area contributed by atoms with Gasteiger partial charge in [0.1, 0.15) is 5.78 Å². The zero-order valence-corrected chi connectivity index (χ0v) is 11.4. The number of rotatable bonds is 4. The van der Waals surface area contributed by atoms with Crippen LogP contribution in [0.2, 0.25) is 0 Å². The van der Waals surface area contributed by atoms with E-state index < -0.39 is 17.6 Å². The van der Waals surface area contributed by atoms with Crippen LogP contribution in [0.5, 0.6) is 0 Å². The van der Waals surface area contributed by atoms with Crippen LogP contribution in [0.15, 0.2) is 22.7 Å². The van der Waals surface area contributed by atoms with Crippen molar-refractivity contribution in [3.63, 3.8) is 0 Å². The van der Waals surface area contributed by atoms with Gasteiger partial charge in [0.05, 0.1) is 5.92 Å². The van der Waals surface area contributed by atoms with Crippen molar-refractivity contribution in [3.05, 3.63) is 35.7 Å². The van der Waals surface area contributed by atoms with Crippen LogP contribution in [0, 0.1) is 17.6 Å². The lowest BCUT2D eigenvalue weighted by atomic mass is 9.92. The molecule has 0 aliphatic heterocycles. The van der Waals surface area contributed by atoms with Crippen molar-refractivity contribution in [1.29, 1.82) is 0 Å². The van der Waals surface area contributed by atoms with E-state index in [1.807, 2.05) is 13.8 Å². The van der Waals surface area contributed by atoms with Crippen molar-refractivity contribution in [3.8, 4) is 11.4 Å². The molecule has 0 bridgehead atoms. The Morgan fingerprint density at radius 1 is 1.25 bits per heavy atom. The van der Waals surface area contributed by atoms with E-state index in [1.165, 1.54) is 13.0 Å². The molecule has 0 N–H and O–H groups in total. The van der Waals surface area contributed by atoms with Crippen molar-refractivity contribution in [2.75, 3.05) is 0 Å². The highest BCUT2D eigenvalue weighted by Crippen LogP contribution is 2.26. The topological polar surface area (TPSA) is 56.0 Å². The van der Waals surface area contributed by atoms with E-state index in [1.54, 1.807) is 0 Å². The Kier molecular flexibility index (Phi) is 3.92. The Balaban J connectivity index is 2.37. The quantitative estimate of drug-likeness (QED) is 0.861. The zero-order valence-electron chi connectivity index (χ0n) is 11.4. The van der Waals surface area contributed by atoms with E-state index in [2.05, 4.69) is 10.1 Å². The normalized spacial score (nSPS) is 12.7. The summed E-state index contributed by atoms with van der Waals surface area (Å²) in [5.41, 5.74) is 0.296. The van der Waals surface area contributed by atoms with Gasteiger partial charge in [-0.25, -0.2) is 8.78 Å². The van der Waals surface area contributed by atoms with Gasteiger partial charge in [0.15, 0.2) is 11.6 Å². The number of halogens is 2. The minimum absolute atomic E-state index is 0.00533. The first-order valence-electron chi connectivity index (χ1n) is 6.19. The first kappa shape index (κ1) is 14.3. The van der Waals surface area contributed by atoms with Gasteiger partial charge < -0.3 is 4.52 Å². The van der Waals surface area contributed by atoms with Crippen LogP contribution in [0.25, 0.3) is 11.4 Å². The minimum atomic E-state index is -0.985. The van der Waals surface area contributed by atoms with Gasteiger partial charge in [-0.3, -0.25) is 4.79 Å². The van der Waals surface area contributed by atoms with Crippen LogP contribution < -0.4 is 0 Å². The smallest absolute Gasteiger partial charge is 0.237 e. The van der Waals surface area contributed by atoms with Gasteiger partial charge in [-0.05, 0) is 31.0 Å². The van der Waals surface area contributed by atoms with Crippen molar-refractivity contribution < 1.29 is 18.1 Å². The lowest BCUT2D eigenvalue weighted by Gasteiger charge is -2.12. The fourth-order valence-corrected chi connectivity index (χ4v) is 2.04. The molecule has 0 radical (unpaired) electrons. The summed E-state index contributed by atoms with van der Waals surface area (Å²) in [6.07, 6.45) is 0. The van der Waals surface area contributed by atoms with Crippen molar-refractivity contribution in [2.45, 2.75) is 26.7 Å². The summed E-state index contributed by atoms with van der Waals surface area (Å²) in [4.78, 5) is 15.7. The number of hydrogen-bond acceptors (Lipinski definition) is 4. The second kappa shape index (κ2) is 5.48. The first-order chi connectivity index (χ1) is 9.40. The molecule has 1 aromatic carbocycles. The largest absolute Gasteiger partial charge is 0.338 e. The van der Waals surface area contributed by atoms with Gasteiger partial charge in [-0.2, -0.15) is 4.98 Å². The first-order valence-corrected chi connectivity index (χ1v) is 6.19. The predicted molar refractivity (Wildman–Crippen MR) is 67.9 cm³/mol. The lowest BCUT2D eigenvalue weighted by molar-refractivity contribution is -0.119. The molecular formula is C14H14F2N2O2. The third kappa shape index (κ3) is 2.74. The van der Waals surface area contributed by atoms with Crippen LogP contribution in [-0.4, -0.2) is 15.9 Å². The lowest BCUT2D eigenvalue weighted by Crippen LogP contribution is -2.15. The van der Waals surface area contributed by atoms with E-state index in [0.29, 0.717) is 5.56 Å². The molecule has 1 unspecified atom stereocenters. The molecular weight excluding hydrogens is 266 g/mol. The summed E-state index contributed by atoms with van der Waals surface area (Å²) < 4.78 is 31.1. The highest BCUT2D eigenvalue weighted by molar-refractivity contribution is 5.82. The molecule has 0 amide bonds. The Morgan fingerprint density at radius 2 is 1.95 bits per heavy atom. The monoisotopic (exact) mass is 280 g/mol. The maximum absolute atomic E-state index is 13.2. The number of nitrogens with zero attached hydrogens (tertiary/aromatic N) is 2. The molecule has 6 heteroatoms. The second-order valence-corrected chi connectivity index (χ2v) is 4.92. The van der Waals surface area contributed by atoms with Crippen LogP contribution in [0.4, 0.5) is 8.78 Å². The number of carbonyl (C=O) groups excluding carboxylic acids is 1. The molecule has 2 rings (SSSR count). The molecule has 0 aliphatic carbocycles. The highest BCUT2D eigenvalue weighted by Gasteiger charge is 2.27. The van der Waals surface area contributed by atoms with Gasteiger partial charge in [-0.1, -0.05) is 19.0 Å². The maximum atomic E-state index is 13.2. The summed E-state index contributed by atoms with van der Waals surface area (Å²) in [5, 5.41) is 3.72.